The molecular formula is C14H9F15O2. The lowest BCUT2D eigenvalue weighted by Crippen LogP contribution is -2.73. The second-order valence-electron chi connectivity index (χ2n) is 5.64. The monoisotopic (exact) mass is 494 g/mol. The molecule has 31 heavy (non-hydrogen) atoms. The molecule has 0 N–H and O–H groups in total. The molecule has 0 aromatic carbocycles. The van der Waals surface area contributed by atoms with Crippen LogP contribution in [0, 0.1) is 11.8 Å². The number of carbonyl (C=O) groups is 1. The average molecular weight is 494 g/mol. The van der Waals surface area contributed by atoms with Crippen LogP contribution in [0.15, 0.2) is 0 Å². The standard InChI is InChI=1S/C14H9F15O2/c1-3-5-6(4-2)31-7(30)8(15,16)9(17,18)10(19,20)11(21,22)12(23,24)13(25,26)14(27,28)29/h6H,4H2,1-2H3. The van der Waals surface area contributed by atoms with Crippen LogP contribution in [0.25, 0.3) is 0 Å². The summed E-state index contributed by atoms with van der Waals surface area (Å²) in [5.74, 6) is -48.3. The van der Waals surface area contributed by atoms with E-state index in [1.165, 1.54) is 0 Å². The Bertz CT molecular complexity index is 726. The molecular weight excluding hydrogens is 485 g/mol. The van der Waals surface area contributed by atoms with E-state index in [4.69, 9.17) is 0 Å². The fraction of sp³-hybridized carbons (Fsp3) is 0.786. The Balaban J connectivity index is 6.48. The van der Waals surface area contributed by atoms with Gasteiger partial charge in [0.05, 0.1) is 0 Å². The zero-order chi connectivity index (χ0) is 25.5. The van der Waals surface area contributed by atoms with Crippen molar-refractivity contribution in [1.82, 2.24) is 0 Å². The number of halogens is 15. The SMILES string of the molecule is CC#CC(CC)OC(=O)C(F)(F)C(F)(F)C(F)(F)C(F)(F)C(F)(F)C(F)(F)C(F)(F)F. The molecule has 182 valence electrons. The Morgan fingerprint density at radius 1 is 0.710 bits per heavy atom. The van der Waals surface area contributed by atoms with Crippen LogP contribution in [0.5, 0.6) is 0 Å². The summed E-state index contributed by atoms with van der Waals surface area (Å²) in [5.41, 5.74) is 0. The molecule has 0 aliphatic carbocycles. The number of esters is 1. The normalized spacial score (nSPS) is 15.8. The summed E-state index contributed by atoms with van der Waals surface area (Å²) in [4.78, 5) is 11.1. The maximum Gasteiger partial charge on any atom is 0.460 e. The van der Waals surface area contributed by atoms with E-state index in [-0.39, 0.29) is 0 Å². The molecule has 2 nitrogen and oxygen atoms in total. The molecule has 0 aliphatic heterocycles. The van der Waals surface area contributed by atoms with Crippen molar-refractivity contribution in [3.8, 4) is 11.8 Å². The van der Waals surface area contributed by atoms with Crippen LogP contribution in [-0.2, 0) is 9.53 Å². The highest BCUT2D eigenvalue weighted by Crippen LogP contribution is 2.62. The van der Waals surface area contributed by atoms with Crippen LogP contribution < -0.4 is 0 Å². The van der Waals surface area contributed by atoms with Crippen molar-refractivity contribution in [2.24, 2.45) is 0 Å². The summed E-state index contributed by atoms with van der Waals surface area (Å²) in [6, 6.07) is 0. The Hall–Kier alpha value is -2.02. The van der Waals surface area contributed by atoms with Crippen molar-refractivity contribution in [2.45, 2.75) is 68.1 Å². The summed E-state index contributed by atoms with van der Waals surface area (Å²) < 4.78 is 198. The molecule has 0 aromatic rings. The maximum atomic E-state index is 13.5. The van der Waals surface area contributed by atoms with Crippen molar-refractivity contribution in [2.75, 3.05) is 0 Å². The van der Waals surface area contributed by atoms with Crippen molar-refractivity contribution >= 4 is 5.97 Å². The Labute approximate surface area is 162 Å². The second-order valence-corrected chi connectivity index (χ2v) is 5.64. The highest BCUT2D eigenvalue weighted by molar-refractivity contribution is 5.79. The van der Waals surface area contributed by atoms with Gasteiger partial charge in [0.2, 0.25) is 0 Å². The van der Waals surface area contributed by atoms with Gasteiger partial charge in [0.25, 0.3) is 0 Å². The molecule has 0 saturated carbocycles. The van der Waals surface area contributed by atoms with E-state index in [0.29, 0.717) is 0 Å². The summed E-state index contributed by atoms with van der Waals surface area (Å²) in [6.07, 6.45) is -10.3. The van der Waals surface area contributed by atoms with Crippen LogP contribution >= 0.6 is 0 Å². The quantitative estimate of drug-likeness (QED) is 0.246. The first-order valence-corrected chi connectivity index (χ1v) is 7.38. The van der Waals surface area contributed by atoms with Crippen molar-refractivity contribution < 1.29 is 75.4 Å². The smallest absolute Gasteiger partial charge is 0.445 e. The van der Waals surface area contributed by atoms with E-state index in [9.17, 15) is 70.7 Å². The Morgan fingerprint density at radius 2 is 1.06 bits per heavy atom. The topological polar surface area (TPSA) is 26.3 Å². The number of rotatable bonds is 8. The molecule has 0 heterocycles. The third-order valence-electron chi connectivity index (χ3n) is 3.51. The van der Waals surface area contributed by atoms with Crippen molar-refractivity contribution in [3.05, 3.63) is 0 Å². The largest absolute Gasteiger partial charge is 0.460 e. The van der Waals surface area contributed by atoms with E-state index in [2.05, 4.69) is 4.74 Å². The molecule has 17 heteroatoms. The first kappa shape index (κ1) is 29.0. The number of hydrogen-bond donors (Lipinski definition) is 0. The van der Waals surface area contributed by atoms with Gasteiger partial charge in [-0.2, -0.15) is 65.9 Å². The minimum Gasteiger partial charge on any atom is -0.445 e. The predicted octanol–water partition coefficient (Wildman–Crippen LogP) is 5.71. The van der Waals surface area contributed by atoms with Gasteiger partial charge in [-0.05, 0) is 13.3 Å². The van der Waals surface area contributed by atoms with Gasteiger partial charge < -0.3 is 4.74 Å². The van der Waals surface area contributed by atoms with E-state index in [1.807, 2.05) is 5.92 Å². The van der Waals surface area contributed by atoms with Gasteiger partial charge in [-0.3, -0.25) is 0 Å². The highest BCUT2D eigenvalue weighted by Gasteiger charge is 2.94. The van der Waals surface area contributed by atoms with Gasteiger partial charge in [0, 0.05) is 0 Å². The van der Waals surface area contributed by atoms with E-state index < -0.39 is 60.2 Å². The molecule has 0 fully saturated rings. The number of ether oxygens (including phenoxy) is 1. The Morgan fingerprint density at radius 3 is 1.39 bits per heavy atom. The molecule has 0 saturated heterocycles. The molecule has 0 spiro atoms. The summed E-state index contributed by atoms with van der Waals surface area (Å²) in [7, 11) is 0. The molecule has 0 aliphatic rings. The van der Waals surface area contributed by atoms with Gasteiger partial charge in [0.1, 0.15) is 0 Å². The zero-order valence-corrected chi connectivity index (χ0v) is 14.8. The third kappa shape index (κ3) is 4.21. The first-order valence-electron chi connectivity index (χ1n) is 7.38. The molecule has 0 aromatic heterocycles. The number of alkyl halides is 15. The van der Waals surface area contributed by atoms with E-state index in [1.54, 1.807) is 5.92 Å². The lowest BCUT2D eigenvalue weighted by molar-refractivity contribution is -0.450. The molecule has 1 unspecified atom stereocenters. The summed E-state index contributed by atoms with van der Waals surface area (Å²) >= 11 is 0. The summed E-state index contributed by atoms with van der Waals surface area (Å²) in [6.45, 7) is 2.00. The zero-order valence-electron chi connectivity index (χ0n) is 14.8. The lowest BCUT2D eigenvalue weighted by Gasteiger charge is -2.40. The van der Waals surface area contributed by atoms with Gasteiger partial charge in [-0.15, -0.1) is 5.92 Å². The molecule has 0 amide bonds. The minimum atomic E-state index is -8.46. The van der Waals surface area contributed by atoms with Gasteiger partial charge in [0.15, 0.2) is 6.10 Å². The van der Waals surface area contributed by atoms with Crippen LogP contribution in [0.2, 0.25) is 0 Å². The second kappa shape index (κ2) is 8.15. The first-order chi connectivity index (χ1) is 13.4. The van der Waals surface area contributed by atoms with E-state index in [0.717, 1.165) is 13.8 Å². The van der Waals surface area contributed by atoms with Crippen molar-refractivity contribution in [1.29, 1.82) is 0 Å². The van der Waals surface area contributed by atoms with E-state index >= 15 is 0 Å². The fourth-order valence-electron chi connectivity index (χ4n) is 1.67. The summed E-state index contributed by atoms with van der Waals surface area (Å²) in [5, 5.41) is 0. The van der Waals surface area contributed by atoms with Gasteiger partial charge in [-0.25, -0.2) is 4.79 Å². The van der Waals surface area contributed by atoms with Crippen LogP contribution in [-0.4, -0.2) is 53.8 Å². The maximum absolute atomic E-state index is 13.5. The molecule has 1 atom stereocenters. The van der Waals surface area contributed by atoms with Gasteiger partial charge >= 0.3 is 47.7 Å². The number of carbonyl (C=O) groups excluding carboxylic acids is 1. The molecule has 0 rings (SSSR count). The third-order valence-corrected chi connectivity index (χ3v) is 3.51. The molecule has 0 radical (unpaired) electrons. The van der Waals surface area contributed by atoms with Crippen molar-refractivity contribution in [3.63, 3.8) is 0 Å². The lowest BCUT2D eigenvalue weighted by atomic mass is 9.91. The fourth-order valence-corrected chi connectivity index (χ4v) is 1.67. The van der Waals surface area contributed by atoms with Crippen LogP contribution in [0.4, 0.5) is 65.9 Å². The molecule has 0 bridgehead atoms. The van der Waals surface area contributed by atoms with Gasteiger partial charge in [-0.1, -0.05) is 12.8 Å². The van der Waals surface area contributed by atoms with Crippen LogP contribution in [0.3, 0.4) is 0 Å². The number of hydrogen-bond acceptors (Lipinski definition) is 2. The predicted molar refractivity (Wildman–Crippen MR) is 69.4 cm³/mol. The minimum absolute atomic E-state index is 0.559. The average Bonchev–Trinajstić information content (AvgIpc) is 2.59. The highest BCUT2D eigenvalue weighted by atomic mass is 19.4. The van der Waals surface area contributed by atoms with Crippen LogP contribution in [0.1, 0.15) is 20.3 Å². The Kier molecular flexibility index (Phi) is 7.62.